The zero-order valence-corrected chi connectivity index (χ0v) is 10.9. The number of rotatable bonds is 9. The van der Waals surface area contributed by atoms with E-state index in [2.05, 4.69) is 0 Å². The zero-order valence-electron chi connectivity index (χ0n) is 10.9. The van der Waals surface area contributed by atoms with Gasteiger partial charge < -0.3 is 14.6 Å². The zero-order chi connectivity index (χ0) is 13.4. The number of Topliss-reactive ketones (excluding diaryl/α,β-unsaturated/α-hetero) is 1. The molecular weight excluding hydrogens is 224 g/mol. The standard InChI is InChI=1S/C12H22O5/c1-5-8(3)16-12(17-9(4)6-2)10(13)7-11(14)15/h8-9,12H,5-7H2,1-4H3,(H,14,15). The third kappa shape index (κ3) is 7.07. The van der Waals surface area contributed by atoms with E-state index in [1.165, 1.54) is 0 Å². The number of hydrogen-bond acceptors (Lipinski definition) is 4. The highest BCUT2D eigenvalue weighted by Gasteiger charge is 2.25. The van der Waals surface area contributed by atoms with Crippen LogP contribution in [0.25, 0.3) is 0 Å². The quantitative estimate of drug-likeness (QED) is 0.497. The summed E-state index contributed by atoms with van der Waals surface area (Å²) < 4.78 is 10.8. The van der Waals surface area contributed by atoms with Gasteiger partial charge in [0.1, 0.15) is 6.42 Å². The lowest BCUT2D eigenvalue weighted by atomic mass is 10.2. The number of ketones is 1. The average molecular weight is 246 g/mol. The molecule has 0 saturated heterocycles. The number of ether oxygens (including phenoxy) is 2. The Balaban J connectivity index is 4.48. The van der Waals surface area contributed by atoms with Crippen LogP contribution < -0.4 is 0 Å². The van der Waals surface area contributed by atoms with Gasteiger partial charge in [0.05, 0.1) is 12.2 Å². The number of aliphatic carboxylic acids is 1. The van der Waals surface area contributed by atoms with Gasteiger partial charge in [-0.2, -0.15) is 0 Å². The van der Waals surface area contributed by atoms with Gasteiger partial charge in [-0.05, 0) is 26.7 Å². The maximum Gasteiger partial charge on any atom is 0.311 e. The second-order valence-corrected chi connectivity index (χ2v) is 4.08. The molecule has 2 atom stereocenters. The van der Waals surface area contributed by atoms with Crippen LogP contribution in [0.1, 0.15) is 47.0 Å². The van der Waals surface area contributed by atoms with Crippen molar-refractivity contribution < 1.29 is 24.2 Å². The van der Waals surface area contributed by atoms with Gasteiger partial charge in [0.25, 0.3) is 0 Å². The molecule has 0 aliphatic heterocycles. The Morgan fingerprint density at radius 1 is 1.06 bits per heavy atom. The summed E-state index contributed by atoms with van der Waals surface area (Å²) in [6.45, 7) is 7.49. The minimum absolute atomic E-state index is 0.137. The molecule has 0 bridgehead atoms. The van der Waals surface area contributed by atoms with Crippen LogP contribution in [0.5, 0.6) is 0 Å². The number of carbonyl (C=O) groups excluding carboxylic acids is 1. The summed E-state index contributed by atoms with van der Waals surface area (Å²) in [7, 11) is 0. The van der Waals surface area contributed by atoms with Crippen LogP contribution in [0, 0.1) is 0 Å². The molecule has 2 unspecified atom stereocenters. The summed E-state index contributed by atoms with van der Waals surface area (Å²) in [5.74, 6) is -1.71. The SMILES string of the molecule is CCC(C)OC(OC(C)CC)C(=O)CC(=O)O. The molecule has 1 N–H and O–H groups in total. The lowest BCUT2D eigenvalue weighted by molar-refractivity contribution is -0.195. The van der Waals surface area contributed by atoms with Crippen LogP contribution in [-0.2, 0) is 19.1 Å². The van der Waals surface area contributed by atoms with Crippen molar-refractivity contribution in [3.63, 3.8) is 0 Å². The summed E-state index contributed by atoms with van der Waals surface area (Å²) in [5, 5.41) is 8.58. The van der Waals surface area contributed by atoms with Gasteiger partial charge in [-0.1, -0.05) is 13.8 Å². The van der Waals surface area contributed by atoms with Gasteiger partial charge in [-0.3, -0.25) is 9.59 Å². The highest BCUT2D eigenvalue weighted by molar-refractivity contribution is 5.96. The predicted octanol–water partition coefficient (Wildman–Crippen LogP) is 1.99. The van der Waals surface area contributed by atoms with Crippen molar-refractivity contribution in [3.05, 3.63) is 0 Å². The van der Waals surface area contributed by atoms with Gasteiger partial charge in [-0.15, -0.1) is 0 Å². The Labute approximate surface area is 102 Å². The molecule has 0 aliphatic carbocycles. The van der Waals surface area contributed by atoms with Crippen LogP contribution in [0.15, 0.2) is 0 Å². The van der Waals surface area contributed by atoms with Gasteiger partial charge >= 0.3 is 5.97 Å². The van der Waals surface area contributed by atoms with Gasteiger partial charge in [0.15, 0.2) is 5.78 Å². The lowest BCUT2D eigenvalue weighted by Gasteiger charge is -2.23. The molecule has 5 nitrogen and oxygen atoms in total. The minimum atomic E-state index is -1.17. The molecular formula is C12H22O5. The molecule has 17 heavy (non-hydrogen) atoms. The van der Waals surface area contributed by atoms with E-state index in [4.69, 9.17) is 14.6 Å². The number of hydrogen-bond donors (Lipinski definition) is 1. The predicted molar refractivity (Wildman–Crippen MR) is 62.7 cm³/mol. The third-order valence-corrected chi connectivity index (χ3v) is 2.45. The summed E-state index contributed by atoms with van der Waals surface area (Å²) in [6.07, 6.45) is -0.446. The fraction of sp³-hybridized carbons (Fsp3) is 0.833. The van der Waals surface area contributed by atoms with Crippen LogP contribution in [-0.4, -0.2) is 35.4 Å². The van der Waals surface area contributed by atoms with E-state index in [1.54, 1.807) is 0 Å². The number of carboxylic acids is 1. The summed E-state index contributed by atoms with van der Waals surface area (Å²) in [4.78, 5) is 22.1. The lowest BCUT2D eigenvalue weighted by Crippen LogP contribution is -2.34. The first kappa shape index (κ1) is 16.1. The van der Waals surface area contributed by atoms with Gasteiger partial charge in [-0.25, -0.2) is 0 Å². The molecule has 0 spiro atoms. The van der Waals surface area contributed by atoms with E-state index in [9.17, 15) is 9.59 Å². The number of carboxylic acid groups (broad SMARTS) is 1. The topological polar surface area (TPSA) is 72.8 Å². The molecule has 0 heterocycles. The molecule has 0 radical (unpaired) electrons. The second-order valence-electron chi connectivity index (χ2n) is 4.08. The molecule has 0 aromatic rings. The fourth-order valence-corrected chi connectivity index (χ4v) is 1.03. The molecule has 0 aromatic carbocycles. The van der Waals surface area contributed by atoms with Crippen molar-refractivity contribution >= 4 is 11.8 Å². The minimum Gasteiger partial charge on any atom is -0.481 e. The van der Waals surface area contributed by atoms with E-state index < -0.39 is 24.5 Å². The Morgan fingerprint density at radius 2 is 1.47 bits per heavy atom. The average Bonchev–Trinajstić information content (AvgIpc) is 2.26. The Kier molecular flexibility index (Phi) is 7.74. The largest absolute Gasteiger partial charge is 0.481 e. The Bertz CT molecular complexity index is 239. The molecule has 0 rings (SSSR count). The normalized spacial score (nSPS) is 16.2. The maximum atomic E-state index is 11.6. The molecule has 100 valence electrons. The van der Waals surface area contributed by atoms with E-state index in [1.807, 2.05) is 27.7 Å². The van der Waals surface area contributed by atoms with E-state index in [0.29, 0.717) is 0 Å². The molecule has 0 aliphatic rings. The molecule has 0 amide bonds. The van der Waals surface area contributed by atoms with E-state index >= 15 is 0 Å². The summed E-state index contributed by atoms with van der Waals surface area (Å²) >= 11 is 0. The Hall–Kier alpha value is -0.940. The first-order valence-corrected chi connectivity index (χ1v) is 5.96. The van der Waals surface area contributed by atoms with E-state index in [0.717, 1.165) is 12.8 Å². The maximum absolute atomic E-state index is 11.6. The molecule has 5 heteroatoms. The van der Waals surface area contributed by atoms with Crippen molar-refractivity contribution in [1.29, 1.82) is 0 Å². The van der Waals surface area contributed by atoms with Crippen molar-refractivity contribution in [1.82, 2.24) is 0 Å². The molecule has 0 aromatic heterocycles. The third-order valence-electron chi connectivity index (χ3n) is 2.45. The van der Waals surface area contributed by atoms with Gasteiger partial charge in [0, 0.05) is 0 Å². The first-order valence-electron chi connectivity index (χ1n) is 5.96. The highest BCUT2D eigenvalue weighted by Crippen LogP contribution is 2.11. The van der Waals surface area contributed by atoms with Crippen molar-refractivity contribution in [2.24, 2.45) is 0 Å². The van der Waals surface area contributed by atoms with Gasteiger partial charge in [0.2, 0.25) is 6.29 Å². The van der Waals surface area contributed by atoms with Crippen LogP contribution in [0.3, 0.4) is 0 Å². The number of carbonyl (C=O) groups is 2. The molecule has 0 fully saturated rings. The van der Waals surface area contributed by atoms with Crippen molar-refractivity contribution in [2.45, 2.75) is 65.5 Å². The smallest absolute Gasteiger partial charge is 0.311 e. The monoisotopic (exact) mass is 246 g/mol. The van der Waals surface area contributed by atoms with Crippen LogP contribution in [0.4, 0.5) is 0 Å². The van der Waals surface area contributed by atoms with Crippen LogP contribution >= 0.6 is 0 Å². The summed E-state index contributed by atoms with van der Waals surface area (Å²) in [6, 6.07) is 0. The highest BCUT2D eigenvalue weighted by atomic mass is 16.7. The fourth-order valence-electron chi connectivity index (χ4n) is 1.03. The van der Waals surface area contributed by atoms with Crippen LogP contribution in [0.2, 0.25) is 0 Å². The van der Waals surface area contributed by atoms with Crippen molar-refractivity contribution in [2.75, 3.05) is 0 Å². The first-order chi connectivity index (χ1) is 7.90. The van der Waals surface area contributed by atoms with E-state index in [-0.39, 0.29) is 12.2 Å². The molecule has 0 saturated carbocycles. The van der Waals surface area contributed by atoms with Crippen molar-refractivity contribution in [3.8, 4) is 0 Å². The second kappa shape index (κ2) is 8.20. The Morgan fingerprint density at radius 3 is 1.76 bits per heavy atom. The summed E-state index contributed by atoms with van der Waals surface area (Å²) in [5.41, 5.74) is 0.